The van der Waals surface area contributed by atoms with Gasteiger partial charge in [-0.15, -0.1) is 0 Å². The number of carbonyl (C=O) groups is 4. The van der Waals surface area contributed by atoms with Gasteiger partial charge in [0.05, 0.1) is 26.4 Å². The van der Waals surface area contributed by atoms with Crippen LogP contribution in [0, 0.1) is 0 Å². The summed E-state index contributed by atoms with van der Waals surface area (Å²) >= 11 is 0. The molecule has 5 atom stereocenters. The molecule has 0 rings (SSSR count). The van der Waals surface area contributed by atoms with Gasteiger partial charge in [-0.05, 0) is 25.7 Å². The molecule has 0 saturated heterocycles. The zero-order chi connectivity index (χ0) is 69.0. The number of aliphatic hydroxyl groups excluding tert-OH is 1. The van der Waals surface area contributed by atoms with E-state index in [9.17, 15) is 43.2 Å². The van der Waals surface area contributed by atoms with E-state index in [-0.39, 0.29) is 25.7 Å². The quantitative estimate of drug-likeness (QED) is 0.0222. The van der Waals surface area contributed by atoms with Gasteiger partial charge < -0.3 is 33.8 Å². The second-order valence-electron chi connectivity index (χ2n) is 27.0. The van der Waals surface area contributed by atoms with E-state index in [1.165, 1.54) is 225 Å². The van der Waals surface area contributed by atoms with Gasteiger partial charge in [0.25, 0.3) is 0 Å². The van der Waals surface area contributed by atoms with Crippen molar-refractivity contribution < 1.29 is 80.2 Å². The molecule has 0 radical (unpaired) electrons. The third-order valence-corrected chi connectivity index (χ3v) is 19.5. The first-order chi connectivity index (χ1) is 45.7. The van der Waals surface area contributed by atoms with Crippen molar-refractivity contribution in [3.8, 4) is 0 Å². The highest BCUT2D eigenvalue weighted by atomic mass is 31.2. The molecule has 0 aromatic rings. The monoisotopic (exact) mass is 1380 g/mol. The highest BCUT2D eigenvalue weighted by molar-refractivity contribution is 7.47. The van der Waals surface area contributed by atoms with Crippen molar-refractivity contribution in [3.05, 3.63) is 0 Å². The highest BCUT2D eigenvalue weighted by Gasteiger charge is 2.30. The van der Waals surface area contributed by atoms with Gasteiger partial charge in [-0.3, -0.25) is 37.3 Å². The summed E-state index contributed by atoms with van der Waals surface area (Å²) in [6.45, 7) is 4.94. The molecule has 0 aliphatic rings. The number of aliphatic hydroxyl groups is 1. The SMILES string of the molecule is CCCCCCCCCCCCCCCCCCCCCC(=O)O[C@H](COC(=O)CCCCCCCCCCCCCCCCCCCC)COP(=O)(O)OC[C@@H](O)COP(=O)(O)OC[C@@H](COC(=O)CCCCCCCCCC)OC(=O)CCCCCCCCCCC. The van der Waals surface area contributed by atoms with Crippen molar-refractivity contribution in [3.63, 3.8) is 0 Å². The topological polar surface area (TPSA) is 237 Å². The molecule has 0 aromatic heterocycles. The Morgan fingerprint density at radius 2 is 0.426 bits per heavy atom. The molecule has 2 unspecified atom stereocenters. The summed E-state index contributed by atoms with van der Waals surface area (Å²) in [7, 11) is -9.90. The lowest BCUT2D eigenvalue weighted by Crippen LogP contribution is -2.30. The Kier molecular flexibility index (Phi) is 68.1. The molecule has 94 heavy (non-hydrogen) atoms. The van der Waals surface area contributed by atoms with Crippen LogP contribution in [0.25, 0.3) is 0 Å². The van der Waals surface area contributed by atoms with Crippen LogP contribution < -0.4 is 0 Å². The summed E-state index contributed by atoms with van der Waals surface area (Å²) in [5, 5.41) is 10.6. The van der Waals surface area contributed by atoms with Crippen molar-refractivity contribution in [2.24, 2.45) is 0 Å². The van der Waals surface area contributed by atoms with Crippen LogP contribution in [0.5, 0.6) is 0 Å². The van der Waals surface area contributed by atoms with E-state index in [2.05, 4.69) is 27.7 Å². The second-order valence-corrected chi connectivity index (χ2v) is 29.9. The minimum Gasteiger partial charge on any atom is -0.462 e. The van der Waals surface area contributed by atoms with Crippen LogP contribution >= 0.6 is 15.6 Å². The average Bonchev–Trinajstić information content (AvgIpc) is 1.71. The number of esters is 4. The molecular formula is C75H146O17P2. The van der Waals surface area contributed by atoms with Crippen LogP contribution in [-0.4, -0.2) is 96.7 Å². The molecule has 0 amide bonds. The summed E-state index contributed by atoms with van der Waals surface area (Å²) < 4.78 is 68.3. The molecule has 0 heterocycles. The fraction of sp³-hybridized carbons (Fsp3) is 0.947. The fourth-order valence-electron chi connectivity index (χ4n) is 11.6. The summed E-state index contributed by atoms with van der Waals surface area (Å²) in [5.41, 5.74) is 0. The lowest BCUT2D eigenvalue weighted by Gasteiger charge is -2.21. The maximum atomic E-state index is 13.1. The Balaban J connectivity index is 5.16. The van der Waals surface area contributed by atoms with Gasteiger partial charge in [-0.25, -0.2) is 9.13 Å². The lowest BCUT2D eigenvalue weighted by atomic mass is 10.0. The normalized spacial score (nSPS) is 13.9. The Morgan fingerprint density at radius 1 is 0.255 bits per heavy atom. The minimum atomic E-state index is -4.95. The minimum absolute atomic E-state index is 0.106. The Labute approximate surface area is 575 Å². The van der Waals surface area contributed by atoms with E-state index < -0.39 is 97.5 Å². The first-order valence-electron chi connectivity index (χ1n) is 39.3. The number of unbranched alkanes of at least 4 members (excludes halogenated alkanes) is 50. The van der Waals surface area contributed by atoms with Crippen LogP contribution in [0.4, 0.5) is 0 Å². The van der Waals surface area contributed by atoms with Gasteiger partial charge >= 0.3 is 39.5 Å². The van der Waals surface area contributed by atoms with Gasteiger partial charge in [0.1, 0.15) is 19.3 Å². The second kappa shape index (κ2) is 69.5. The third-order valence-electron chi connectivity index (χ3n) is 17.6. The fourth-order valence-corrected chi connectivity index (χ4v) is 13.2. The van der Waals surface area contributed by atoms with Gasteiger partial charge in [-0.1, -0.05) is 349 Å². The van der Waals surface area contributed by atoms with Crippen LogP contribution in [0.3, 0.4) is 0 Å². The van der Waals surface area contributed by atoms with Gasteiger partial charge in [-0.2, -0.15) is 0 Å². The molecule has 0 aromatic carbocycles. The number of hydrogen-bond acceptors (Lipinski definition) is 15. The molecular weight excluding hydrogens is 1230 g/mol. The summed E-state index contributed by atoms with van der Waals surface area (Å²) in [4.78, 5) is 72.6. The number of rotatable bonds is 76. The lowest BCUT2D eigenvalue weighted by molar-refractivity contribution is -0.161. The summed E-state index contributed by atoms with van der Waals surface area (Å²) in [6.07, 6.45) is 59.9. The van der Waals surface area contributed by atoms with Crippen molar-refractivity contribution in [1.29, 1.82) is 0 Å². The zero-order valence-electron chi connectivity index (χ0n) is 60.9. The van der Waals surface area contributed by atoms with Crippen molar-refractivity contribution in [2.45, 2.75) is 418 Å². The number of hydrogen-bond donors (Lipinski definition) is 3. The maximum Gasteiger partial charge on any atom is 0.472 e. The number of ether oxygens (including phenoxy) is 4. The van der Waals surface area contributed by atoms with Crippen molar-refractivity contribution >= 4 is 39.5 Å². The van der Waals surface area contributed by atoms with E-state index in [0.29, 0.717) is 25.7 Å². The van der Waals surface area contributed by atoms with Gasteiger partial charge in [0, 0.05) is 25.7 Å². The standard InChI is InChI=1S/C75H146O17P2/c1-5-9-13-17-21-25-27-29-31-33-35-37-39-41-43-46-50-54-58-62-75(80)92-71(66-86-73(78)60-56-52-48-45-42-40-38-36-34-32-30-28-26-22-18-14-10-6-2)68-90-94(83,84)88-64-69(76)63-87-93(81,82)89-67-70(65-85-72(77)59-55-51-47-24-20-16-12-8-4)91-74(79)61-57-53-49-44-23-19-15-11-7-3/h69-71,76H,5-68H2,1-4H3,(H,81,82)(H,83,84)/t69-,70+,71+/m0/s1. The Bertz CT molecular complexity index is 1790. The predicted molar refractivity (Wildman–Crippen MR) is 382 cm³/mol. The summed E-state index contributed by atoms with van der Waals surface area (Å²) in [5.74, 6) is -2.12. The van der Waals surface area contributed by atoms with Crippen LogP contribution in [-0.2, 0) is 65.4 Å². The van der Waals surface area contributed by atoms with E-state index in [1.54, 1.807) is 0 Å². The molecule has 0 aliphatic heterocycles. The molecule has 0 fully saturated rings. The Morgan fingerprint density at radius 3 is 0.628 bits per heavy atom. The van der Waals surface area contributed by atoms with E-state index in [0.717, 1.165) is 96.3 Å². The van der Waals surface area contributed by atoms with E-state index in [1.807, 2.05) is 0 Å². The van der Waals surface area contributed by atoms with Crippen LogP contribution in [0.15, 0.2) is 0 Å². The molecule has 0 spiro atoms. The van der Waals surface area contributed by atoms with E-state index in [4.69, 9.17) is 37.0 Å². The molecule has 3 N–H and O–H groups in total. The average molecular weight is 1380 g/mol. The van der Waals surface area contributed by atoms with Gasteiger partial charge in [0.15, 0.2) is 12.2 Å². The molecule has 0 saturated carbocycles. The molecule has 0 aliphatic carbocycles. The predicted octanol–water partition coefficient (Wildman–Crippen LogP) is 22.2. The molecule has 558 valence electrons. The maximum absolute atomic E-state index is 13.1. The molecule has 0 bridgehead atoms. The number of phosphoric ester groups is 2. The van der Waals surface area contributed by atoms with Crippen LogP contribution in [0.1, 0.15) is 400 Å². The van der Waals surface area contributed by atoms with Crippen molar-refractivity contribution in [1.82, 2.24) is 0 Å². The van der Waals surface area contributed by atoms with Crippen molar-refractivity contribution in [2.75, 3.05) is 39.6 Å². The molecule has 19 heteroatoms. The van der Waals surface area contributed by atoms with Crippen LogP contribution in [0.2, 0.25) is 0 Å². The van der Waals surface area contributed by atoms with E-state index >= 15 is 0 Å². The molecule has 17 nitrogen and oxygen atoms in total. The zero-order valence-corrected chi connectivity index (χ0v) is 62.7. The first kappa shape index (κ1) is 92.1. The number of carbonyl (C=O) groups excluding carboxylic acids is 4. The largest absolute Gasteiger partial charge is 0.472 e. The smallest absolute Gasteiger partial charge is 0.462 e. The van der Waals surface area contributed by atoms with Gasteiger partial charge in [0.2, 0.25) is 0 Å². The first-order valence-corrected chi connectivity index (χ1v) is 42.3. The third kappa shape index (κ3) is 68.6. The number of phosphoric acid groups is 2. The summed E-state index contributed by atoms with van der Waals surface area (Å²) in [6, 6.07) is 0. The highest BCUT2D eigenvalue weighted by Crippen LogP contribution is 2.45. The Hall–Kier alpha value is -1.94.